The summed E-state index contributed by atoms with van der Waals surface area (Å²) in [6, 6.07) is 0. The predicted octanol–water partition coefficient (Wildman–Crippen LogP) is 0.572. The summed E-state index contributed by atoms with van der Waals surface area (Å²) < 4.78 is 7.09. The van der Waals surface area contributed by atoms with E-state index in [0.29, 0.717) is 31.0 Å². The van der Waals surface area contributed by atoms with Crippen molar-refractivity contribution in [2.24, 2.45) is 5.84 Å². The monoisotopic (exact) mass is 292 g/mol. The Morgan fingerprint density at radius 3 is 2.81 bits per heavy atom. The van der Waals surface area contributed by atoms with Crippen LogP contribution in [0.25, 0.3) is 5.95 Å². The number of aromatic nitrogens is 5. The van der Waals surface area contributed by atoms with Gasteiger partial charge in [0.1, 0.15) is 6.33 Å². The van der Waals surface area contributed by atoms with E-state index in [2.05, 4.69) is 37.6 Å². The van der Waals surface area contributed by atoms with Gasteiger partial charge >= 0.3 is 0 Å². The lowest BCUT2D eigenvalue weighted by atomic mass is 10.4. The van der Waals surface area contributed by atoms with E-state index in [1.807, 2.05) is 0 Å². The standard InChI is InChI=1S/C12H20N8O/c1-2-7-21-8-3-4-15-10-16-11(19-13)18-12(17-10)20-6-5-14-9-20/h5-6,9H,2-4,7-8,13H2,1H3,(H2,15,16,17,18,19). The van der Waals surface area contributed by atoms with E-state index in [4.69, 9.17) is 10.6 Å². The van der Waals surface area contributed by atoms with Crippen molar-refractivity contribution in [2.75, 3.05) is 30.5 Å². The molecule has 21 heavy (non-hydrogen) atoms. The van der Waals surface area contributed by atoms with Gasteiger partial charge in [0.2, 0.25) is 17.8 Å². The third kappa shape index (κ3) is 4.65. The van der Waals surface area contributed by atoms with Crippen molar-refractivity contribution < 1.29 is 4.74 Å². The number of nitrogen functional groups attached to an aromatic ring is 1. The Kier molecular flexibility index (Phi) is 5.85. The molecule has 0 unspecified atom stereocenters. The number of anilines is 2. The van der Waals surface area contributed by atoms with Crippen LogP contribution in [0.1, 0.15) is 19.8 Å². The molecule has 114 valence electrons. The minimum atomic E-state index is 0.290. The van der Waals surface area contributed by atoms with E-state index >= 15 is 0 Å². The molecule has 0 radical (unpaired) electrons. The smallest absolute Gasteiger partial charge is 0.243 e. The molecule has 0 saturated carbocycles. The van der Waals surface area contributed by atoms with Gasteiger partial charge in [-0.3, -0.25) is 9.99 Å². The summed E-state index contributed by atoms with van der Waals surface area (Å²) in [7, 11) is 0. The van der Waals surface area contributed by atoms with Gasteiger partial charge < -0.3 is 10.1 Å². The minimum absolute atomic E-state index is 0.290. The van der Waals surface area contributed by atoms with Crippen LogP contribution in [0.5, 0.6) is 0 Å². The quantitative estimate of drug-likeness (QED) is 0.349. The third-order valence-corrected chi connectivity index (χ3v) is 2.59. The average molecular weight is 292 g/mol. The normalized spacial score (nSPS) is 10.6. The van der Waals surface area contributed by atoms with E-state index in [1.165, 1.54) is 0 Å². The summed E-state index contributed by atoms with van der Waals surface area (Å²) >= 11 is 0. The van der Waals surface area contributed by atoms with Crippen molar-refractivity contribution in [3.8, 4) is 5.95 Å². The van der Waals surface area contributed by atoms with E-state index in [9.17, 15) is 0 Å². The Balaban J connectivity index is 1.94. The van der Waals surface area contributed by atoms with Gasteiger partial charge in [-0.1, -0.05) is 6.92 Å². The number of hydrogen-bond acceptors (Lipinski definition) is 8. The molecule has 0 spiro atoms. The second-order valence-corrected chi connectivity index (χ2v) is 4.29. The predicted molar refractivity (Wildman–Crippen MR) is 79.0 cm³/mol. The number of nitrogens with two attached hydrogens (primary N) is 1. The van der Waals surface area contributed by atoms with Crippen molar-refractivity contribution in [1.82, 2.24) is 24.5 Å². The Labute approximate surface area is 122 Å². The highest BCUT2D eigenvalue weighted by molar-refractivity contribution is 5.37. The number of ether oxygens (including phenoxy) is 1. The SMILES string of the molecule is CCCOCCCNc1nc(NN)nc(-n2ccnc2)n1. The molecular formula is C12H20N8O. The molecule has 9 nitrogen and oxygen atoms in total. The van der Waals surface area contributed by atoms with Crippen LogP contribution in [0.15, 0.2) is 18.7 Å². The zero-order valence-corrected chi connectivity index (χ0v) is 12.0. The Morgan fingerprint density at radius 2 is 2.10 bits per heavy atom. The molecule has 0 fully saturated rings. The summed E-state index contributed by atoms with van der Waals surface area (Å²) in [6.07, 6.45) is 6.91. The lowest BCUT2D eigenvalue weighted by Crippen LogP contribution is -2.16. The first-order valence-electron chi connectivity index (χ1n) is 6.86. The number of hydrogen-bond donors (Lipinski definition) is 3. The third-order valence-electron chi connectivity index (χ3n) is 2.59. The maximum absolute atomic E-state index is 5.41. The van der Waals surface area contributed by atoms with Crippen molar-refractivity contribution >= 4 is 11.9 Å². The van der Waals surface area contributed by atoms with E-state index in [-0.39, 0.29) is 0 Å². The van der Waals surface area contributed by atoms with Gasteiger partial charge in [-0.05, 0) is 12.8 Å². The zero-order chi connectivity index (χ0) is 14.9. The van der Waals surface area contributed by atoms with Crippen LogP contribution in [0, 0.1) is 0 Å². The van der Waals surface area contributed by atoms with Crippen LogP contribution in [0.3, 0.4) is 0 Å². The molecule has 2 rings (SSSR count). The molecule has 0 atom stereocenters. The molecule has 0 saturated heterocycles. The average Bonchev–Trinajstić information content (AvgIpc) is 3.05. The van der Waals surface area contributed by atoms with Crippen molar-refractivity contribution in [2.45, 2.75) is 19.8 Å². The van der Waals surface area contributed by atoms with E-state index < -0.39 is 0 Å². The van der Waals surface area contributed by atoms with Gasteiger partial charge in [-0.25, -0.2) is 10.8 Å². The van der Waals surface area contributed by atoms with Crippen LogP contribution in [0.4, 0.5) is 11.9 Å². The molecule has 9 heteroatoms. The van der Waals surface area contributed by atoms with Crippen LogP contribution in [-0.4, -0.2) is 44.3 Å². The second kappa shape index (κ2) is 8.12. The number of nitrogens with one attached hydrogen (secondary N) is 2. The molecule has 0 bridgehead atoms. The molecule has 4 N–H and O–H groups in total. The van der Waals surface area contributed by atoms with Crippen molar-refractivity contribution in [3.05, 3.63) is 18.7 Å². The van der Waals surface area contributed by atoms with Gasteiger partial charge in [-0.15, -0.1) is 0 Å². The fourth-order valence-electron chi connectivity index (χ4n) is 1.62. The topological polar surface area (TPSA) is 116 Å². The maximum Gasteiger partial charge on any atom is 0.243 e. The van der Waals surface area contributed by atoms with Crippen molar-refractivity contribution in [1.29, 1.82) is 0 Å². The second-order valence-electron chi connectivity index (χ2n) is 4.29. The minimum Gasteiger partial charge on any atom is -0.381 e. The molecule has 0 aromatic carbocycles. The summed E-state index contributed by atoms with van der Waals surface area (Å²) in [4.78, 5) is 16.6. The summed E-state index contributed by atoms with van der Waals surface area (Å²) in [6.45, 7) is 4.29. The molecular weight excluding hydrogens is 272 g/mol. The van der Waals surface area contributed by atoms with Gasteiger partial charge in [0.05, 0.1) is 0 Å². The highest BCUT2D eigenvalue weighted by Gasteiger charge is 2.06. The summed E-state index contributed by atoms with van der Waals surface area (Å²) in [5.41, 5.74) is 2.43. The fourth-order valence-corrected chi connectivity index (χ4v) is 1.62. The number of imidazole rings is 1. The Hall–Kier alpha value is -2.26. The summed E-state index contributed by atoms with van der Waals surface area (Å²) in [5, 5.41) is 3.13. The molecule has 0 amide bonds. The number of hydrazine groups is 1. The zero-order valence-electron chi connectivity index (χ0n) is 12.0. The van der Waals surface area contributed by atoms with Crippen LogP contribution >= 0.6 is 0 Å². The van der Waals surface area contributed by atoms with Gasteiger partial charge in [-0.2, -0.15) is 15.0 Å². The molecule has 2 aromatic rings. The Morgan fingerprint density at radius 1 is 1.24 bits per heavy atom. The molecule has 2 aromatic heterocycles. The fraction of sp³-hybridized carbons (Fsp3) is 0.500. The van der Waals surface area contributed by atoms with Gasteiger partial charge in [0.15, 0.2) is 0 Å². The van der Waals surface area contributed by atoms with Gasteiger partial charge in [0, 0.05) is 32.2 Å². The first kappa shape index (κ1) is 15.1. The molecule has 0 aliphatic rings. The lowest BCUT2D eigenvalue weighted by molar-refractivity contribution is 0.134. The Bertz CT molecular complexity index is 530. The van der Waals surface area contributed by atoms with Crippen LogP contribution in [0.2, 0.25) is 0 Å². The molecule has 2 heterocycles. The first-order chi connectivity index (χ1) is 10.3. The van der Waals surface area contributed by atoms with E-state index in [1.54, 1.807) is 23.3 Å². The highest BCUT2D eigenvalue weighted by atomic mass is 16.5. The van der Waals surface area contributed by atoms with Crippen molar-refractivity contribution in [3.63, 3.8) is 0 Å². The van der Waals surface area contributed by atoms with Crippen LogP contribution < -0.4 is 16.6 Å². The first-order valence-corrected chi connectivity index (χ1v) is 6.86. The molecule has 0 aliphatic carbocycles. The maximum atomic E-state index is 5.41. The lowest BCUT2D eigenvalue weighted by Gasteiger charge is -2.08. The van der Waals surface area contributed by atoms with Gasteiger partial charge in [0.25, 0.3) is 0 Å². The highest BCUT2D eigenvalue weighted by Crippen LogP contribution is 2.08. The number of rotatable bonds is 9. The molecule has 0 aliphatic heterocycles. The summed E-state index contributed by atoms with van der Waals surface area (Å²) in [5.74, 6) is 6.57. The van der Waals surface area contributed by atoms with E-state index in [0.717, 1.165) is 19.4 Å². The number of nitrogens with zero attached hydrogens (tertiary/aromatic N) is 5. The largest absolute Gasteiger partial charge is 0.381 e. The van der Waals surface area contributed by atoms with Crippen LogP contribution in [-0.2, 0) is 4.74 Å².